The number of rotatable bonds is 5. The SMILES string of the molecule is COc1cnc(Cl)cc1-c1cc(C)ncc1C(=O)Nc1nc2c(s1)CN(C(=O)c1cnc(C(F)(F)F)c(C)n1)C2. The number of carbonyl (C=O) groups is 2. The zero-order chi connectivity index (χ0) is 28.8. The fourth-order valence-electron chi connectivity index (χ4n) is 4.18. The van der Waals surface area contributed by atoms with Crippen LogP contribution in [0.5, 0.6) is 5.75 Å². The predicted molar refractivity (Wildman–Crippen MR) is 139 cm³/mol. The zero-order valence-electron chi connectivity index (χ0n) is 21.1. The Morgan fingerprint density at radius 2 is 1.82 bits per heavy atom. The van der Waals surface area contributed by atoms with E-state index in [1.54, 1.807) is 19.1 Å². The Balaban J connectivity index is 1.33. The van der Waals surface area contributed by atoms with Crippen LogP contribution in [0.15, 0.2) is 30.7 Å². The van der Waals surface area contributed by atoms with Gasteiger partial charge in [0.1, 0.15) is 16.6 Å². The first-order chi connectivity index (χ1) is 18.9. The Bertz CT molecular complexity index is 1640. The number of fused-ring (bicyclic) bond motifs is 1. The summed E-state index contributed by atoms with van der Waals surface area (Å²) in [4.78, 5) is 48.2. The Labute approximate surface area is 234 Å². The van der Waals surface area contributed by atoms with Crippen molar-refractivity contribution in [1.29, 1.82) is 0 Å². The number of halogens is 4. The second-order valence-electron chi connectivity index (χ2n) is 8.77. The van der Waals surface area contributed by atoms with Crippen molar-refractivity contribution < 1.29 is 27.5 Å². The molecule has 1 aliphatic heterocycles. The van der Waals surface area contributed by atoms with Crippen molar-refractivity contribution in [3.05, 3.63) is 74.8 Å². The maximum atomic E-state index is 13.3. The third kappa shape index (κ3) is 5.31. The van der Waals surface area contributed by atoms with Gasteiger partial charge >= 0.3 is 6.18 Å². The fourth-order valence-corrected chi connectivity index (χ4v) is 5.32. The quantitative estimate of drug-likeness (QED) is 0.319. The van der Waals surface area contributed by atoms with Crippen LogP contribution in [0.2, 0.25) is 5.15 Å². The summed E-state index contributed by atoms with van der Waals surface area (Å²) in [7, 11) is 1.48. The number of thiazole rings is 1. The first-order valence-corrected chi connectivity index (χ1v) is 12.8. The number of carbonyl (C=O) groups excluding carboxylic acids is 2. The predicted octanol–water partition coefficient (Wildman–Crippen LogP) is 5.10. The summed E-state index contributed by atoms with van der Waals surface area (Å²) in [5.41, 5.74) is 0.893. The Morgan fingerprint density at radius 1 is 1.05 bits per heavy atom. The van der Waals surface area contributed by atoms with Gasteiger partial charge in [-0.2, -0.15) is 13.2 Å². The maximum absolute atomic E-state index is 13.3. The number of anilines is 1. The number of nitrogens with one attached hydrogen (secondary N) is 1. The number of hydrogen-bond donors (Lipinski definition) is 1. The van der Waals surface area contributed by atoms with Crippen molar-refractivity contribution >= 4 is 39.9 Å². The van der Waals surface area contributed by atoms with Crippen molar-refractivity contribution in [3.63, 3.8) is 0 Å². The summed E-state index contributed by atoms with van der Waals surface area (Å²) >= 11 is 7.29. The van der Waals surface area contributed by atoms with Gasteiger partial charge in [-0.3, -0.25) is 19.9 Å². The van der Waals surface area contributed by atoms with E-state index in [-0.39, 0.29) is 35.2 Å². The summed E-state index contributed by atoms with van der Waals surface area (Å²) in [5.74, 6) is -0.608. The Hall–Kier alpha value is -4.17. The van der Waals surface area contributed by atoms with Gasteiger partial charge in [-0.05, 0) is 26.0 Å². The molecule has 0 aliphatic carbocycles. The summed E-state index contributed by atoms with van der Waals surface area (Å²) < 4.78 is 44.3. The lowest BCUT2D eigenvalue weighted by Crippen LogP contribution is -2.27. The average molecular weight is 590 g/mol. The molecule has 0 saturated carbocycles. The number of aryl methyl sites for hydroxylation is 2. The van der Waals surface area contributed by atoms with E-state index in [2.05, 4.69) is 30.2 Å². The van der Waals surface area contributed by atoms with E-state index in [4.69, 9.17) is 16.3 Å². The van der Waals surface area contributed by atoms with Gasteiger partial charge in [-0.1, -0.05) is 22.9 Å². The molecule has 10 nitrogen and oxygen atoms in total. The summed E-state index contributed by atoms with van der Waals surface area (Å²) in [6, 6.07) is 3.33. The molecule has 1 N–H and O–H groups in total. The van der Waals surface area contributed by atoms with Crippen LogP contribution in [0.4, 0.5) is 18.3 Å². The minimum Gasteiger partial charge on any atom is -0.494 e. The van der Waals surface area contributed by atoms with Crippen molar-refractivity contribution in [2.24, 2.45) is 0 Å². The van der Waals surface area contributed by atoms with Crippen molar-refractivity contribution in [3.8, 4) is 16.9 Å². The third-order valence-electron chi connectivity index (χ3n) is 6.02. The second kappa shape index (κ2) is 10.4. The lowest BCUT2D eigenvalue weighted by molar-refractivity contribution is -0.142. The number of pyridine rings is 2. The molecule has 0 unspecified atom stereocenters. The maximum Gasteiger partial charge on any atom is 0.435 e. The second-order valence-corrected chi connectivity index (χ2v) is 10.2. The number of amides is 2. The van der Waals surface area contributed by atoms with E-state index in [1.165, 1.54) is 35.7 Å². The van der Waals surface area contributed by atoms with Crippen LogP contribution < -0.4 is 10.1 Å². The smallest absolute Gasteiger partial charge is 0.435 e. The molecule has 0 bridgehead atoms. The molecule has 0 spiro atoms. The van der Waals surface area contributed by atoms with Crippen molar-refractivity contribution in [2.75, 3.05) is 12.4 Å². The van der Waals surface area contributed by atoms with Crippen LogP contribution >= 0.6 is 22.9 Å². The molecule has 0 atom stereocenters. The van der Waals surface area contributed by atoms with E-state index in [0.717, 1.165) is 18.0 Å². The van der Waals surface area contributed by atoms with Gasteiger partial charge in [0.05, 0.1) is 54.4 Å². The highest BCUT2D eigenvalue weighted by Gasteiger charge is 2.36. The highest BCUT2D eigenvalue weighted by atomic mass is 35.5. The summed E-state index contributed by atoms with van der Waals surface area (Å²) in [6.07, 6.45) is -0.927. The molecular weight excluding hydrogens is 571 g/mol. The molecule has 206 valence electrons. The zero-order valence-corrected chi connectivity index (χ0v) is 22.7. The first-order valence-electron chi connectivity index (χ1n) is 11.6. The molecule has 0 radical (unpaired) electrons. The van der Waals surface area contributed by atoms with Crippen LogP contribution in [-0.2, 0) is 19.3 Å². The normalized spacial score (nSPS) is 12.8. The van der Waals surface area contributed by atoms with Crippen LogP contribution in [-0.4, -0.2) is 48.7 Å². The van der Waals surface area contributed by atoms with Gasteiger partial charge in [-0.15, -0.1) is 0 Å². The summed E-state index contributed by atoms with van der Waals surface area (Å²) in [6.45, 7) is 3.20. The van der Waals surface area contributed by atoms with Gasteiger partial charge in [0.15, 0.2) is 10.8 Å². The number of alkyl halides is 3. The molecule has 15 heteroatoms. The average Bonchev–Trinajstić information content (AvgIpc) is 3.46. The number of methoxy groups -OCH3 is 1. The molecule has 0 saturated heterocycles. The highest BCUT2D eigenvalue weighted by Crippen LogP contribution is 2.36. The van der Waals surface area contributed by atoms with E-state index >= 15 is 0 Å². The number of aromatic nitrogens is 5. The van der Waals surface area contributed by atoms with Gasteiger partial charge < -0.3 is 9.64 Å². The van der Waals surface area contributed by atoms with Crippen LogP contribution in [0, 0.1) is 13.8 Å². The van der Waals surface area contributed by atoms with E-state index in [9.17, 15) is 22.8 Å². The molecule has 40 heavy (non-hydrogen) atoms. The van der Waals surface area contributed by atoms with Crippen LogP contribution in [0.1, 0.15) is 48.5 Å². The third-order valence-corrected chi connectivity index (χ3v) is 7.23. The van der Waals surface area contributed by atoms with Crippen molar-refractivity contribution in [1.82, 2.24) is 29.8 Å². The lowest BCUT2D eigenvalue weighted by Gasteiger charge is -2.16. The van der Waals surface area contributed by atoms with E-state index in [1.807, 2.05) is 0 Å². The van der Waals surface area contributed by atoms with Gasteiger partial charge in [0.2, 0.25) is 0 Å². The van der Waals surface area contributed by atoms with Gasteiger partial charge in [-0.25, -0.2) is 19.9 Å². The van der Waals surface area contributed by atoms with Crippen LogP contribution in [0.25, 0.3) is 11.1 Å². The molecule has 0 aromatic carbocycles. The molecule has 5 rings (SSSR count). The molecule has 4 aromatic heterocycles. The number of ether oxygens (including phenoxy) is 1. The minimum atomic E-state index is -4.66. The molecule has 1 aliphatic rings. The largest absolute Gasteiger partial charge is 0.494 e. The number of hydrogen-bond acceptors (Lipinski definition) is 9. The molecule has 0 fully saturated rings. The standard InChI is InChI=1S/C25H19ClF3N7O3S/c1-11-4-13(14-5-20(26)31-8-18(14)39-3)15(6-30-11)22(37)35-24-34-17-9-36(10-19(17)40-24)23(38)16-7-32-21(12(2)33-16)25(27,28)29/h4-8H,9-10H2,1-3H3,(H,34,35,37). The minimum absolute atomic E-state index is 0.104. The molecule has 4 aromatic rings. The van der Waals surface area contributed by atoms with E-state index in [0.29, 0.717) is 33.4 Å². The number of nitrogens with zero attached hydrogens (tertiary/aromatic N) is 6. The van der Waals surface area contributed by atoms with Crippen LogP contribution in [0.3, 0.4) is 0 Å². The summed E-state index contributed by atoms with van der Waals surface area (Å²) in [5, 5.41) is 3.32. The first kappa shape index (κ1) is 27.4. The lowest BCUT2D eigenvalue weighted by atomic mass is 10.0. The molecule has 5 heterocycles. The highest BCUT2D eigenvalue weighted by molar-refractivity contribution is 7.16. The monoisotopic (exact) mass is 589 g/mol. The fraction of sp³-hybridized carbons (Fsp3) is 0.240. The van der Waals surface area contributed by atoms with Gasteiger partial charge in [0, 0.05) is 23.0 Å². The Morgan fingerprint density at radius 3 is 2.50 bits per heavy atom. The molecule has 2 amide bonds. The van der Waals surface area contributed by atoms with E-state index < -0.39 is 23.7 Å². The van der Waals surface area contributed by atoms with Crippen molar-refractivity contribution in [2.45, 2.75) is 33.1 Å². The van der Waals surface area contributed by atoms with Gasteiger partial charge in [0.25, 0.3) is 11.8 Å². The topological polar surface area (TPSA) is 123 Å². The Kier molecular flexibility index (Phi) is 7.14. The molecular formula is C25H19ClF3N7O3S.